The number of benzene rings is 1. The maximum absolute atomic E-state index is 11.6. The van der Waals surface area contributed by atoms with E-state index in [1.165, 1.54) is 0 Å². The molecule has 0 aliphatic rings. The summed E-state index contributed by atoms with van der Waals surface area (Å²) in [7, 11) is 0. The van der Waals surface area contributed by atoms with E-state index < -0.39 is 0 Å². The van der Waals surface area contributed by atoms with Crippen LogP contribution >= 0.6 is 11.6 Å². The molecule has 0 aliphatic carbocycles. The fourth-order valence-corrected chi connectivity index (χ4v) is 1.50. The lowest BCUT2D eigenvalue weighted by Crippen LogP contribution is -2.11. The summed E-state index contributed by atoms with van der Waals surface area (Å²) in [4.78, 5) is 20.9. The number of H-pyrrole nitrogens is 1. The summed E-state index contributed by atoms with van der Waals surface area (Å²) >= 11 is 5.77. The third-order valence-corrected chi connectivity index (χ3v) is 2.24. The van der Waals surface area contributed by atoms with Crippen molar-refractivity contribution in [1.29, 1.82) is 0 Å². The van der Waals surface area contributed by atoms with E-state index in [4.69, 9.17) is 17.1 Å². The maximum atomic E-state index is 11.6. The maximum Gasteiger partial charge on any atom is 0.258 e. The zero-order valence-corrected chi connectivity index (χ0v) is 8.77. The normalized spacial score (nSPS) is 10.1. The molecular formula is C9H6ClN5O. The minimum Gasteiger partial charge on any atom is -0.310 e. The lowest BCUT2D eigenvalue weighted by Gasteiger charge is -2.00. The number of nitrogens with one attached hydrogen (secondary N) is 1. The fourth-order valence-electron chi connectivity index (χ4n) is 1.33. The van der Waals surface area contributed by atoms with Crippen LogP contribution in [0.25, 0.3) is 21.3 Å². The van der Waals surface area contributed by atoms with Gasteiger partial charge in [-0.2, -0.15) is 0 Å². The highest BCUT2D eigenvalue weighted by molar-refractivity contribution is 6.31. The summed E-state index contributed by atoms with van der Waals surface area (Å²) in [5.74, 6) is 0.331. The quantitative estimate of drug-likeness (QED) is 0.491. The third-order valence-electron chi connectivity index (χ3n) is 2.00. The van der Waals surface area contributed by atoms with Gasteiger partial charge < -0.3 is 4.98 Å². The van der Waals surface area contributed by atoms with Crippen molar-refractivity contribution >= 4 is 22.5 Å². The van der Waals surface area contributed by atoms with E-state index in [0.717, 1.165) is 0 Å². The van der Waals surface area contributed by atoms with Gasteiger partial charge in [0.15, 0.2) is 0 Å². The molecule has 0 saturated heterocycles. The van der Waals surface area contributed by atoms with Gasteiger partial charge in [-0.25, -0.2) is 4.98 Å². The smallest absolute Gasteiger partial charge is 0.258 e. The van der Waals surface area contributed by atoms with Gasteiger partial charge in [0.2, 0.25) is 0 Å². The Morgan fingerprint density at radius 2 is 2.38 bits per heavy atom. The lowest BCUT2D eigenvalue weighted by atomic mass is 10.2. The molecule has 2 aromatic rings. The molecule has 1 aromatic heterocycles. The molecule has 0 radical (unpaired) electrons. The summed E-state index contributed by atoms with van der Waals surface area (Å²) in [5.41, 5.74) is 8.40. The Labute approximate surface area is 94.5 Å². The summed E-state index contributed by atoms with van der Waals surface area (Å²) in [5, 5.41) is 4.22. The molecule has 16 heavy (non-hydrogen) atoms. The fraction of sp³-hybridized carbons (Fsp3) is 0.111. The van der Waals surface area contributed by atoms with E-state index in [2.05, 4.69) is 20.0 Å². The van der Waals surface area contributed by atoms with Gasteiger partial charge in [0, 0.05) is 9.93 Å². The second-order valence-electron chi connectivity index (χ2n) is 3.06. The van der Waals surface area contributed by atoms with Crippen molar-refractivity contribution < 1.29 is 0 Å². The van der Waals surface area contributed by atoms with Gasteiger partial charge in [-0.1, -0.05) is 16.7 Å². The number of hydrogen-bond acceptors (Lipinski definition) is 3. The number of fused-ring (bicyclic) bond motifs is 1. The minimum absolute atomic E-state index is 0.0182. The number of halogens is 1. The van der Waals surface area contributed by atoms with Crippen LogP contribution in [0.5, 0.6) is 0 Å². The minimum atomic E-state index is -0.296. The van der Waals surface area contributed by atoms with Crippen molar-refractivity contribution in [2.75, 3.05) is 0 Å². The molecule has 1 N–H and O–H groups in total. The molecule has 0 aliphatic heterocycles. The first kappa shape index (κ1) is 10.5. The van der Waals surface area contributed by atoms with Crippen LogP contribution in [-0.4, -0.2) is 9.97 Å². The Morgan fingerprint density at radius 3 is 3.12 bits per heavy atom. The first-order valence-corrected chi connectivity index (χ1v) is 4.78. The third kappa shape index (κ3) is 1.98. The van der Waals surface area contributed by atoms with Crippen LogP contribution in [0.15, 0.2) is 28.1 Å². The van der Waals surface area contributed by atoms with E-state index in [-0.39, 0.29) is 12.1 Å². The van der Waals surface area contributed by atoms with E-state index in [1.54, 1.807) is 18.2 Å². The van der Waals surface area contributed by atoms with Gasteiger partial charge in [-0.05, 0) is 23.7 Å². The van der Waals surface area contributed by atoms with Crippen molar-refractivity contribution in [2.24, 2.45) is 5.11 Å². The number of rotatable bonds is 2. The van der Waals surface area contributed by atoms with Crippen molar-refractivity contribution in [3.63, 3.8) is 0 Å². The zero-order chi connectivity index (χ0) is 11.5. The van der Waals surface area contributed by atoms with Crippen molar-refractivity contribution in [1.82, 2.24) is 9.97 Å². The zero-order valence-electron chi connectivity index (χ0n) is 8.01. The van der Waals surface area contributed by atoms with Crippen molar-refractivity contribution in [3.8, 4) is 0 Å². The van der Waals surface area contributed by atoms with Crippen LogP contribution in [0.2, 0.25) is 5.02 Å². The molecule has 6 nitrogen and oxygen atoms in total. The molecule has 0 bridgehead atoms. The van der Waals surface area contributed by atoms with Crippen LogP contribution in [0.4, 0.5) is 0 Å². The highest BCUT2D eigenvalue weighted by atomic mass is 35.5. The average molecular weight is 236 g/mol. The molecule has 0 fully saturated rings. The number of azide groups is 1. The second-order valence-corrected chi connectivity index (χ2v) is 3.50. The van der Waals surface area contributed by atoms with Gasteiger partial charge >= 0.3 is 0 Å². The first-order chi connectivity index (χ1) is 7.70. The van der Waals surface area contributed by atoms with E-state index >= 15 is 0 Å². The van der Waals surface area contributed by atoms with Crippen LogP contribution in [0.3, 0.4) is 0 Å². The second kappa shape index (κ2) is 4.22. The van der Waals surface area contributed by atoms with Crippen LogP contribution in [0, 0.1) is 0 Å². The predicted octanol–water partition coefficient (Wildman–Crippen LogP) is 2.39. The lowest BCUT2D eigenvalue weighted by molar-refractivity contribution is 0.904. The molecule has 2 rings (SSSR count). The van der Waals surface area contributed by atoms with Crippen molar-refractivity contribution in [3.05, 3.63) is 49.8 Å². The summed E-state index contributed by atoms with van der Waals surface area (Å²) in [6.07, 6.45) is 0. The predicted molar refractivity (Wildman–Crippen MR) is 60.2 cm³/mol. The summed E-state index contributed by atoms with van der Waals surface area (Å²) in [6, 6.07) is 4.83. The molecule has 7 heteroatoms. The highest BCUT2D eigenvalue weighted by Crippen LogP contribution is 2.14. The van der Waals surface area contributed by atoms with Gasteiger partial charge in [-0.15, -0.1) is 0 Å². The van der Waals surface area contributed by atoms with Gasteiger partial charge in [0.05, 0.1) is 17.4 Å². The summed E-state index contributed by atoms with van der Waals surface area (Å²) < 4.78 is 0. The Balaban J connectivity index is 2.63. The Morgan fingerprint density at radius 1 is 1.56 bits per heavy atom. The molecule has 0 atom stereocenters. The number of aromatic nitrogens is 2. The average Bonchev–Trinajstić information content (AvgIpc) is 2.27. The van der Waals surface area contributed by atoms with Gasteiger partial charge in [0.1, 0.15) is 5.82 Å². The first-order valence-electron chi connectivity index (χ1n) is 4.40. The van der Waals surface area contributed by atoms with Gasteiger partial charge in [0.25, 0.3) is 5.56 Å². The number of aromatic amines is 1. The van der Waals surface area contributed by atoms with Crippen LogP contribution in [-0.2, 0) is 6.54 Å². The van der Waals surface area contributed by atoms with Gasteiger partial charge in [-0.3, -0.25) is 4.79 Å². The monoisotopic (exact) mass is 235 g/mol. The molecule has 0 unspecified atom stereocenters. The standard InChI is InChI=1S/C9H6ClN5O/c10-5-1-2-7-6(3-5)9(16)14-8(13-7)4-12-15-11/h1-3H,4H2,(H,13,14,16). The molecule has 0 amide bonds. The molecule has 1 heterocycles. The van der Waals surface area contributed by atoms with E-state index in [9.17, 15) is 4.79 Å². The SMILES string of the molecule is [N-]=[N+]=NCc1nc2ccc(Cl)cc2c(=O)[nH]1. The molecule has 1 aromatic carbocycles. The Hall–Kier alpha value is -2.04. The Bertz CT molecular complexity index is 644. The molecule has 80 valence electrons. The molecular weight excluding hydrogens is 230 g/mol. The Kier molecular flexibility index (Phi) is 2.76. The summed E-state index contributed by atoms with van der Waals surface area (Å²) in [6.45, 7) is 0.0182. The van der Waals surface area contributed by atoms with Crippen molar-refractivity contribution in [2.45, 2.75) is 6.54 Å². The molecule has 0 saturated carbocycles. The van der Waals surface area contributed by atoms with E-state index in [1.807, 2.05) is 0 Å². The van der Waals surface area contributed by atoms with E-state index in [0.29, 0.717) is 21.7 Å². The largest absolute Gasteiger partial charge is 0.310 e. The topological polar surface area (TPSA) is 94.5 Å². The highest BCUT2D eigenvalue weighted by Gasteiger charge is 2.03. The molecule has 0 spiro atoms. The number of nitrogens with zero attached hydrogens (tertiary/aromatic N) is 4. The van der Waals surface area contributed by atoms with Crippen LogP contribution < -0.4 is 5.56 Å². The number of hydrogen-bond donors (Lipinski definition) is 1. The van der Waals surface area contributed by atoms with Crippen LogP contribution in [0.1, 0.15) is 5.82 Å².